The van der Waals surface area contributed by atoms with Gasteiger partial charge in [-0.2, -0.15) is 4.99 Å². The lowest BCUT2D eigenvalue weighted by atomic mass is 10.0. The molecule has 0 bridgehead atoms. The van der Waals surface area contributed by atoms with Crippen molar-refractivity contribution in [2.45, 2.75) is 277 Å². The SMILES string of the molecule is C#CN=CN(C)CCCOC(=O)OC(CCCCCCCCCCCC)CCC(=O)OC(COC(=O)CCCCCCC/C=C\C/C=C\CCCCC)COC(=O)CCCCCCC/C=C\C/C=C\CCCCC. The Labute approximate surface area is 452 Å². The molecular formula is C63H108N2O9. The second kappa shape index (κ2) is 56.4. The van der Waals surface area contributed by atoms with Gasteiger partial charge in [-0.3, -0.25) is 14.4 Å². The van der Waals surface area contributed by atoms with Crippen molar-refractivity contribution in [3.63, 3.8) is 0 Å². The van der Waals surface area contributed by atoms with Crippen LogP contribution in [0.15, 0.2) is 53.6 Å². The van der Waals surface area contributed by atoms with Gasteiger partial charge in [0.2, 0.25) is 0 Å². The smallest absolute Gasteiger partial charge is 0.462 e. The number of nitrogens with zero attached hydrogens (tertiary/aromatic N) is 2. The number of allylic oxidation sites excluding steroid dienone is 8. The lowest BCUT2D eigenvalue weighted by molar-refractivity contribution is -0.167. The number of terminal acetylenes is 1. The molecule has 0 aliphatic rings. The van der Waals surface area contributed by atoms with Crippen LogP contribution in [-0.4, -0.2) is 80.9 Å². The summed E-state index contributed by atoms with van der Waals surface area (Å²) in [7, 11) is 1.83. The van der Waals surface area contributed by atoms with Gasteiger partial charge in [-0.05, 0) is 103 Å². The fourth-order valence-corrected chi connectivity index (χ4v) is 8.27. The third kappa shape index (κ3) is 52.5. The Morgan fingerprint density at radius 1 is 0.459 bits per heavy atom. The Hall–Kier alpha value is -4.33. The highest BCUT2D eigenvalue weighted by molar-refractivity contribution is 5.71. The molecule has 11 heteroatoms. The molecule has 0 radical (unpaired) electrons. The zero-order valence-corrected chi connectivity index (χ0v) is 47.7. The van der Waals surface area contributed by atoms with Gasteiger partial charge in [0.05, 0.1) is 6.61 Å². The van der Waals surface area contributed by atoms with Crippen LogP contribution in [0.3, 0.4) is 0 Å². The first-order chi connectivity index (χ1) is 36.2. The summed E-state index contributed by atoms with van der Waals surface area (Å²) >= 11 is 0. The lowest BCUT2D eigenvalue weighted by Crippen LogP contribution is -2.31. The minimum Gasteiger partial charge on any atom is -0.462 e. The van der Waals surface area contributed by atoms with Crippen LogP contribution in [0.4, 0.5) is 4.79 Å². The Morgan fingerprint density at radius 2 is 0.878 bits per heavy atom. The number of rotatable bonds is 53. The number of carbonyl (C=O) groups excluding carboxylic acids is 4. The summed E-state index contributed by atoms with van der Waals surface area (Å²) in [6.07, 6.45) is 60.1. The summed E-state index contributed by atoms with van der Waals surface area (Å²) in [6.45, 7) is 7.01. The summed E-state index contributed by atoms with van der Waals surface area (Å²) in [5, 5.41) is 0. The number of hydrogen-bond acceptors (Lipinski definition) is 10. The highest BCUT2D eigenvalue weighted by atomic mass is 16.7. The van der Waals surface area contributed by atoms with Crippen molar-refractivity contribution in [3.8, 4) is 12.5 Å². The molecule has 0 aliphatic heterocycles. The highest BCUT2D eigenvalue weighted by Crippen LogP contribution is 2.18. The fourth-order valence-electron chi connectivity index (χ4n) is 8.27. The maximum absolute atomic E-state index is 13.4. The monoisotopic (exact) mass is 1040 g/mol. The zero-order chi connectivity index (χ0) is 54.1. The maximum Gasteiger partial charge on any atom is 0.508 e. The van der Waals surface area contributed by atoms with Gasteiger partial charge >= 0.3 is 24.1 Å². The number of aliphatic imine (C=N–C) groups is 1. The van der Waals surface area contributed by atoms with Crippen LogP contribution < -0.4 is 0 Å². The third-order valence-corrected chi connectivity index (χ3v) is 12.8. The van der Waals surface area contributed by atoms with Gasteiger partial charge in [0, 0.05) is 38.9 Å². The van der Waals surface area contributed by atoms with Crippen LogP contribution in [-0.2, 0) is 38.1 Å². The Morgan fingerprint density at radius 3 is 1.35 bits per heavy atom. The molecule has 0 fully saturated rings. The maximum atomic E-state index is 13.4. The first kappa shape index (κ1) is 69.7. The average molecular weight is 1040 g/mol. The number of hydrogen-bond donors (Lipinski definition) is 0. The second-order valence-electron chi connectivity index (χ2n) is 20.0. The summed E-state index contributed by atoms with van der Waals surface area (Å²) in [5.74, 6) is -1.29. The quantitative estimate of drug-likeness (QED) is 0.0110. The normalized spacial score (nSPS) is 12.2. The van der Waals surface area contributed by atoms with Gasteiger partial charge in [-0.25, -0.2) is 4.79 Å². The molecule has 0 saturated heterocycles. The van der Waals surface area contributed by atoms with Gasteiger partial charge in [-0.1, -0.05) is 198 Å². The molecule has 1 atom stereocenters. The standard InChI is InChI=1S/C63H108N2O9/c1-6-10-13-16-19-22-25-27-29-31-33-36-39-42-45-49-60(66)71-55-59(56-72-61(67)50-46-43-40-37-34-32-30-28-26-23-20-17-14-11-7-2)73-62(68)52-51-58(48-44-41-38-35-24-21-18-15-12-8-3)74-63(69)70-54-47-53-65(5)57-64-9-4/h4,19-20,22-23,27-30,57-59H,6-8,10-18,21,24-26,31-56H2,1-3,5H3/b22-19-,23-20-,29-27-,30-28-,64-57?. The van der Waals surface area contributed by atoms with Crippen LogP contribution in [0.5, 0.6) is 0 Å². The van der Waals surface area contributed by atoms with E-state index in [0.29, 0.717) is 32.2 Å². The van der Waals surface area contributed by atoms with E-state index < -0.39 is 24.3 Å². The molecular weight excluding hydrogens is 929 g/mol. The van der Waals surface area contributed by atoms with E-state index in [4.69, 9.17) is 30.1 Å². The summed E-state index contributed by atoms with van der Waals surface area (Å²) in [6, 6.07) is 2.21. The van der Waals surface area contributed by atoms with E-state index in [1.54, 1.807) is 4.90 Å². The zero-order valence-electron chi connectivity index (χ0n) is 47.7. The topological polar surface area (TPSA) is 130 Å². The van der Waals surface area contributed by atoms with E-state index in [9.17, 15) is 19.2 Å². The molecule has 0 saturated carbocycles. The predicted octanol–water partition coefficient (Wildman–Crippen LogP) is 17.2. The van der Waals surface area contributed by atoms with E-state index in [0.717, 1.165) is 96.3 Å². The van der Waals surface area contributed by atoms with Gasteiger partial charge in [0.15, 0.2) is 6.10 Å². The number of carbonyl (C=O) groups is 4. The van der Waals surface area contributed by atoms with Crippen LogP contribution >= 0.6 is 0 Å². The van der Waals surface area contributed by atoms with Crippen molar-refractivity contribution in [2.75, 3.05) is 33.4 Å². The van der Waals surface area contributed by atoms with E-state index in [2.05, 4.69) is 80.4 Å². The average Bonchev–Trinajstić information content (AvgIpc) is 3.39. The van der Waals surface area contributed by atoms with Gasteiger partial charge < -0.3 is 28.6 Å². The molecule has 0 spiro atoms. The fraction of sp³-hybridized carbons (Fsp3) is 0.762. The van der Waals surface area contributed by atoms with E-state index >= 15 is 0 Å². The van der Waals surface area contributed by atoms with Gasteiger partial charge in [-0.15, -0.1) is 0 Å². The first-order valence-corrected chi connectivity index (χ1v) is 29.9. The molecule has 0 aromatic rings. The summed E-state index contributed by atoms with van der Waals surface area (Å²) in [5.41, 5.74) is 0. The van der Waals surface area contributed by atoms with E-state index in [1.807, 2.05) is 7.05 Å². The lowest BCUT2D eigenvalue weighted by Gasteiger charge is -2.20. The Bertz CT molecular complexity index is 1450. The second-order valence-corrected chi connectivity index (χ2v) is 20.0. The van der Waals surface area contributed by atoms with E-state index in [-0.39, 0.29) is 57.4 Å². The van der Waals surface area contributed by atoms with Crippen molar-refractivity contribution < 1.29 is 42.9 Å². The molecule has 1 unspecified atom stereocenters. The van der Waals surface area contributed by atoms with Gasteiger partial charge in [0.25, 0.3) is 0 Å². The summed E-state index contributed by atoms with van der Waals surface area (Å²) < 4.78 is 28.1. The molecule has 0 amide bonds. The van der Waals surface area contributed by atoms with Crippen molar-refractivity contribution in [3.05, 3.63) is 48.6 Å². The molecule has 74 heavy (non-hydrogen) atoms. The van der Waals surface area contributed by atoms with Crippen LogP contribution in [0, 0.1) is 12.5 Å². The molecule has 0 heterocycles. The minimum absolute atomic E-state index is 0.0364. The molecule has 0 rings (SSSR count). The number of ether oxygens (including phenoxy) is 5. The molecule has 11 nitrogen and oxygen atoms in total. The van der Waals surface area contributed by atoms with Crippen molar-refractivity contribution in [2.24, 2.45) is 4.99 Å². The highest BCUT2D eigenvalue weighted by Gasteiger charge is 2.22. The molecule has 0 aromatic carbocycles. The minimum atomic E-state index is -0.959. The van der Waals surface area contributed by atoms with Gasteiger partial charge in [0.1, 0.15) is 25.7 Å². The molecule has 424 valence electrons. The largest absolute Gasteiger partial charge is 0.508 e. The van der Waals surface area contributed by atoms with E-state index in [1.165, 1.54) is 103 Å². The molecule has 0 aromatic heterocycles. The Balaban J connectivity index is 5.18. The number of esters is 3. The first-order valence-electron chi connectivity index (χ1n) is 29.9. The van der Waals surface area contributed by atoms with Crippen molar-refractivity contribution in [1.29, 1.82) is 0 Å². The van der Waals surface area contributed by atoms with Crippen molar-refractivity contribution >= 4 is 30.4 Å². The van der Waals surface area contributed by atoms with Crippen molar-refractivity contribution in [1.82, 2.24) is 4.90 Å². The van der Waals surface area contributed by atoms with Crippen LogP contribution in [0.1, 0.15) is 265 Å². The third-order valence-electron chi connectivity index (χ3n) is 12.8. The molecule has 0 aliphatic carbocycles. The Kier molecular flexibility index (Phi) is 53.1. The molecule has 0 N–H and O–H groups in total. The van der Waals surface area contributed by atoms with Crippen LogP contribution in [0.25, 0.3) is 0 Å². The van der Waals surface area contributed by atoms with Crippen LogP contribution in [0.2, 0.25) is 0 Å². The predicted molar refractivity (Wildman–Crippen MR) is 307 cm³/mol. The number of unbranched alkanes of at least 4 members (excludes halogenated alkanes) is 25. The summed E-state index contributed by atoms with van der Waals surface area (Å²) in [4.78, 5) is 57.4.